The molecule has 68 valence electrons. The lowest BCUT2D eigenvalue weighted by Gasteiger charge is -2.18. The van der Waals surface area contributed by atoms with E-state index in [0.717, 1.165) is 25.2 Å². The van der Waals surface area contributed by atoms with Crippen molar-refractivity contribution >= 4 is 11.5 Å². The molecule has 0 bridgehead atoms. The minimum atomic E-state index is 0.727. The Hall–Kier alpha value is -1.31. The first kappa shape index (κ1) is 8.30. The lowest BCUT2D eigenvalue weighted by molar-refractivity contribution is 0.988. The first-order valence-corrected chi connectivity index (χ1v) is 4.76. The molecule has 0 unspecified atom stereocenters. The van der Waals surface area contributed by atoms with Crippen LogP contribution in [0.3, 0.4) is 0 Å². The monoisotopic (exact) mass is 174 g/mol. The second-order valence-electron chi connectivity index (χ2n) is 3.33. The van der Waals surface area contributed by atoms with Gasteiger partial charge in [-0.2, -0.15) is 0 Å². The Kier molecular flexibility index (Phi) is 2.05. The van der Waals surface area contributed by atoms with Crippen LogP contribution in [0.4, 0.5) is 5.69 Å². The third-order valence-electron chi connectivity index (χ3n) is 2.55. The Bertz CT molecular complexity index is 331. The van der Waals surface area contributed by atoms with Crippen LogP contribution in [0.2, 0.25) is 0 Å². The Morgan fingerprint density at radius 2 is 2.23 bits per heavy atom. The zero-order valence-corrected chi connectivity index (χ0v) is 7.88. The van der Waals surface area contributed by atoms with Crippen molar-refractivity contribution in [2.75, 3.05) is 11.4 Å². The fourth-order valence-electron chi connectivity index (χ4n) is 1.81. The molecule has 0 aliphatic carbocycles. The van der Waals surface area contributed by atoms with Gasteiger partial charge in [-0.25, -0.2) is 0 Å². The van der Waals surface area contributed by atoms with Crippen LogP contribution in [0.15, 0.2) is 24.3 Å². The van der Waals surface area contributed by atoms with Crippen molar-refractivity contribution in [1.82, 2.24) is 0 Å². The van der Waals surface area contributed by atoms with Crippen molar-refractivity contribution in [3.63, 3.8) is 0 Å². The predicted molar refractivity (Wildman–Crippen MR) is 55.5 cm³/mol. The topological polar surface area (TPSA) is 27.1 Å². The van der Waals surface area contributed by atoms with Gasteiger partial charge in [0.2, 0.25) is 0 Å². The number of hydrogen-bond acceptors (Lipinski definition) is 1. The van der Waals surface area contributed by atoms with Crippen molar-refractivity contribution < 1.29 is 0 Å². The molecule has 0 spiro atoms. The Morgan fingerprint density at radius 3 is 3.00 bits per heavy atom. The lowest BCUT2D eigenvalue weighted by Crippen LogP contribution is -2.27. The van der Waals surface area contributed by atoms with E-state index >= 15 is 0 Å². The van der Waals surface area contributed by atoms with E-state index in [-0.39, 0.29) is 0 Å². The summed E-state index contributed by atoms with van der Waals surface area (Å²) in [5.41, 5.74) is 2.61. The van der Waals surface area contributed by atoms with Crippen LogP contribution in [0.5, 0.6) is 0 Å². The number of hydrogen-bond donors (Lipinski definition) is 1. The highest BCUT2D eigenvalue weighted by Crippen LogP contribution is 2.27. The van der Waals surface area contributed by atoms with Gasteiger partial charge >= 0.3 is 0 Å². The lowest BCUT2D eigenvalue weighted by atomic mass is 10.2. The summed E-state index contributed by atoms with van der Waals surface area (Å²) in [6.07, 6.45) is 1.90. The maximum atomic E-state index is 7.79. The Balaban J connectivity index is 2.33. The van der Waals surface area contributed by atoms with E-state index in [1.807, 2.05) is 13.0 Å². The molecule has 0 saturated carbocycles. The molecule has 1 aliphatic rings. The van der Waals surface area contributed by atoms with Gasteiger partial charge in [0.25, 0.3) is 0 Å². The number of nitrogens with one attached hydrogen (secondary N) is 1. The summed E-state index contributed by atoms with van der Waals surface area (Å²) >= 11 is 0. The Morgan fingerprint density at radius 1 is 1.46 bits per heavy atom. The fraction of sp³-hybridized carbons (Fsp3) is 0.364. The van der Waals surface area contributed by atoms with Gasteiger partial charge in [-0.3, -0.25) is 5.41 Å². The highest BCUT2D eigenvalue weighted by Gasteiger charge is 2.20. The minimum Gasteiger partial charge on any atom is -0.330 e. The first-order valence-electron chi connectivity index (χ1n) is 4.76. The summed E-state index contributed by atoms with van der Waals surface area (Å²) < 4.78 is 0. The summed E-state index contributed by atoms with van der Waals surface area (Å²) in [4.78, 5) is 2.11. The molecule has 0 fully saturated rings. The molecule has 0 aromatic heterocycles. The molecule has 2 nitrogen and oxygen atoms in total. The molecular formula is C11H14N2. The summed E-state index contributed by atoms with van der Waals surface area (Å²) in [6.45, 7) is 3.01. The quantitative estimate of drug-likeness (QED) is 0.514. The van der Waals surface area contributed by atoms with Gasteiger partial charge in [0.05, 0.1) is 5.84 Å². The molecule has 2 rings (SSSR count). The molecule has 1 heterocycles. The van der Waals surface area contributed by atoms with Crippen molar-refractivity contribution in [1.29, 1.82) is 5.41 Å². The van der Waals surface area contributed by atoms with E-state index in [9.17, 15) is 0 Å². The molecular weight excluding hydrogens is 160 g/mol. The standard InChI is InChI=1S/C11H14N2/c1-2-11(12)13-8-7-9-5-3-4-6-10(9)13/h3-6,12H,2,7-8H2,1H3. The summed E-state index contributed by atoms with van der Waals surface area (Å²) in [5.74, 6) is 0.727. The Labute approximate surface area is 78.7 Å². The van der Waals surface area contributed by atoms with Gasteiger partial charge in [0.15, 0.2) is 0 Å². The maximum absolute atomic E-state index is 7.79. The van der Waals surface area contributed by atoms with Gasteiger partial charge < -0.3 is 4.90 Å². The SMILES string of the molecule is CCC(=N)N1CCc2ccccc21. The van der Waals surface area contributed by atoms with E-state index in [2.05, 4.69) is 23.1 Å². The molecule has 1 aromatic carbocycles. The molecule has 2 heteroatoms. The molecule has 1 aliphatic heterocycles. The van der Waals surface area contributed by atoms with Crippen LogP contribution in [-0.4, -0.2) is 12.4 Å². The average molecular weight is 174 g/mol. The highest BCUT2D eigenvalue weighted by atomic mass is 15.2. The number of rotatable bonds is 1. The normalized spacial score (nSPS) is 14.4. The van der Waals surface area contributed by atoms with Crippen LogP contribution >= 0.6 is 0 Å². The number of nitrogens with zero attached hydrogens (tertiary/aromatic N) is 1. The zero-order chi connectivity index (χ0) is 9.26. The number of amidine groups is 1. The van der Waals surface area contributed by atoms with Crippen molar-refractivity contribution in [3.05, 3.63) is 29.8 Å². The van der Waals surface area contributed by atoms with Crippen LogP contribution in [0.25, 0.3) is 0 Å². The minimum absolute atomic E-state index is 0.727. The molecule has 0 atom stereocenters. The molecule has 0 amide bonds. The van der Waals surface area contributed by atoms with Crippen LogP contribution in [0, 0.1) is 5.41 Å². The van der Waals surface area contributed by atoms with Crippen LogP contribution < -0.4 is 4.90 Å². The van der Waals surface area contributed by atoms with E-state index in [1.54, 1.807) is 0 Å². The number of para-hydroxylation sites is 1. The molecule has 0 radical (unpaired) electrons. The van der Waals surface area contributed by atoms with E-state index in [4.69, 9.17) is 5.41 Å². The van der Waals surface area contributed by atoms with Crippen LogP contribution in [-0.2, 0) is 6.42 Å². The number of anilines is 1. The van der Waals surface area contributed by atoms with Gasteiger partial charge in [-0.1, -0.05) is 25.1 Å². The summed E-state index contributed by atoms with van der Waals surface area (Å²) in [5, 5.41) is 7.79. The van der Waals surface area contributed by atoms with Crippen LogP contribution in [0.1, 0.15) is 18.9 Å². The highest BCUT2D eigenvalue weighted by molar-refractivity contribution is 5.97. The van der Waals surface area contributed by atoms with Crippen molar-refractivity contribution in [2.24, 2.45) is 0 Å². The maximum Gasteiger partial charge on any atom is 0.0999 e. The zero-order valence-electron chi connectivity index (χ0n) is 7.88. The number of fused-ring (bicyclic) bond motifs is 1. The first-order chi connectivity index (χ1) is 6.33. The van der Waals surface area contributed by atoms with E-state index < -0.39 is 0 Å². The molecule has 1 aromatic rings. The van der Waals surface area contributed by atoms with Crippen molar-refractivity contribution in [3.8, 4) is 0 Å². The molecule has 1 N–H and O–H groups in total. The number of benzene rings is 1. The fourth-order valence-corrected chi connectivity index (χ4v) is 1.81. The second-order valence-corrected chi connectivity index (χ2v) is 3.33. The third kappa shape index (κ3) is 1.32. The van der Waals surface area contributed by atoms with E-state index in [1.165, 1.54) is 11.3 Å². The molecule has 13 heavy (non-hydrogen) atoms. The second kappa shape index (κ2) is 3.21. The predicted octanol–water partition coefficient (Wildman–Crippen LogP) is 2.44. The smallest absolute Gasteiger partial charge is 0.0999 e. The molecule has 0 saturated heterocycles. The average Bonchev–Trinajstić information content (AvgIpc) is 2.60. The van der Waals surface area contributed by atoms with Gasteiger partial charge in [0, 0.05) is 18.7 Å². The summed E-state index contributed by atoms with van der Waals surface area (Å²) in [6, 6.07) is 8.36. The van der Waals surface area contributed by atoms with Gasteiger partial charge in [-0.05, 0) is 18.1 Å². The van der Waals surface area contributed by atoms with E-state index in [0.29, 0.717) is 0 Å². The summed E-state index contributed by atoms with van der Waals surface area (Å²) in [7, 11) is 0. The third-order valence-corrected chi connectivity index (χ3v) is 2.55. The largest absolute Gasteiger partial charge is 0.330 e. The van der Waals surface area contributed by atoms with Gasteiger partial charge in [-0.15, -0.1) is 0 Å². The van der Waals surface area contributed by atoms with Gasteiger partial charge in [0.1, 0.15) is 0 Å². The van der Waals surface area contributed by atoms with Crippen molar-refractivity contribution in [2.45, 2.75) is 19.8 Å².